The number of hydrogen-bond acceptors (Lipinski definition) is 3. The number of hydrogen-bond donors (Lipinski definition) is 2. The molecule has 0 aromatic heterocycles. The first-order valence-corrected chi connectivity index (χ1v) is 7.53. The maximum Gasteiger partial charge on any atom is 0.279 e. The summed E-state index contributed by atoms with van der Waals surface area (Å²) in [5, 5.41) is 0. The minimum atomic E-state index is -0.975. The summed E-state index contributed by atoms with van der Waals surface area (Å²) in [6, 6.07) is 12.4. The topological polar surface area (TPSA) is 67.4 Å². The summed E-state index contributed by atoms with van der Waals surface area (Å²) >= 11 is 3.26. The predicted octanol–water partition coefficient (Wildman–Crippen LogP) is 2.82. The van der Waals surface area contributed by atoms with Crippen molar-refractivity contribution in [3.05, 3.63) is 64.4 Å². The SMILES string of the molecule is C[C@@H](Oc1ccccc1F)C(=O)NNC(=O)c1ccc(Br)cc1. The molecule has 0 saturated heterocycles. The highest BCUT2D eigenvalue weighted by molar-refractivity contribution is 9.10. The zero-order valence-electron chi connectivity index (χ0n) is 12.2. The monoisotopic (exact) mass is 380 g/mol. The zero-order chi connectivity index (χ0) is 16.8. The zero-order valence-corrected chi connectivity index (χ0v) is 13.8. The Balaban J connectivity index is 1.87. The van der Waals surface area contributed by atoms with Gasteiger partial charge in [0.05, 0.1) is 0 Å². The summed E-state index contributed by atoms with van der Waals surface area (Å²) < 4.78 is 19.5. The van der Waals surface area contributed by atoms with Gasteiger partial charge in [-0.15, -0.1) is 0 Å². The van der Waals surface area contributed by atoms with Crippen molar-refractivity contribution in [2.45, 2.75) is 13.0 Å². The largest absolute Gasteiger partial charge is 0.478 e. The Labute approximate surface area is 140 Å². The van der Waals surface area contributed by atoms with Gasteiger partial charge in [0.2, 0.25) is 0 Å². The van der Waals surface area contributed by atoms with Crippen LogP contribution < -0.4 is 15.6 Å². The lowest BCUT2D eigenvalue weighted by atomic mass is 10.2. The van der Waals surface area contributed by atoms with E-state index < -0.39 is 23.7 Å². The molecule has 0 bridgehead atoms. The van der Waals surface area contributed by atoms with Crippen molar-refractivity contribution in [1.29, 1.82) is 0 Å². The first kappa shape index (κ1) is 17.0. The molecule has 0 saturated carbocycles. The molecule has 120 valence electrons. The number of para-hydroxylation sites is 1. The van der Waals surface area contributed by atoms with E-state index >= 15 is 0 Å². The first-order chi connectivity index (χ1) is 11.0. The van der Waals surface area contributed by atoms with E-state index in [0.29, 0.717) is 5.56 Å². The van der Waals surface area contributed by atoms with Gasteiger partial charge in [-0.3, -0.25) is 20.4 Å². The second kappa shape index (κ2) is 7.73. The van der Waals surface area contributed by atoms with E-state index in [-0.39, 0.29) is 5.75 Å². The van der Waals surface area contributed by atoms with Gasteiger partial charge < -0.3 is 4.74 Å². The second-order valence-electron chi connectivity index (χ2n) is 4.64. The predicted molar refractivity (Wildman–Crippen MR) is 86.2 cm³/mol. The average Bonchev–Trinajstić information content (AvgIpc) is 2.55. The minimum Gasteiger partial charge on any atom is -0.478 e. The molecule has 0 aliphatic rings. The first-order valence-electron chi connectivity index (χ1n) is 6.74. The van der Waals surface area contributed by atoms with Crippen molar-refractivity contribution in [2.24, 2.45) is 0 Å². The fraction of sp³-hybridized carbons (Fsp3) is 0.125. The molecule has 0 fully saturated rings. The van der Waals surface area contributed by atoms with Crippen molar-refractivity contribution in [3.8, 4) is 5.75 Å². The fourth-order valence-electron chi connectivity index (χ4n) is 1.68. The number of carbonyl (C=O) groups is 2. The van der Waals surface area contributed by atoms with Gasteiger partial charge in [-0.1, -0.05) is 28.1 Å². The van der Waals surface area contributed by atoms with E-state index in [0.717, 1.165) is 4.47 Å². The standard InChI is InChI=1S/C16H14BrFN2O3/c1-10(23-14-5-3-2-4-13(14)18)15(21)19-20-16(22)11-6-8-12(17)9-7-11/h2-10H,1H3,(H,19,21)(H,20,22)/t10-/m1/s1. The number of carbonyl (C=O) groups excluding carboxylic acids is 2. The lowest BCUT2D eigenvalue weighted by Crippen LogP contribution is -2.47. The molecule has 0 aliphatic carbocycles. The van der Waals surface area contributed by atoms with Crippen LogP contribution in [0.15, 0.2) is 53.0 Å². The summed E-state index contributed by atoms with van der Waals surface area (Å²) in [4.78, 5) is 23.7. The molecule has 7 heteroatoms. The summed E-state index contributed by atoms with van der Waals surface area (Å²) in [6.07, 6.45) is -0.975. The van der Waals surface area contributed by atoms with E-state index in [1.165, 1.54) is 25.1 Å². The van der Waals surface area contributed by atoms with Gasteiger partial charge in [-0.2, -0.15) is 0 Å². The number of amides is 2. The molecule has 2 aromatic rings. The van der Waals surface area contributed by atoms with Gasteiger partial charge in [-0.05, 0) is 43.3 Å². The van der Waals surface area contributed by atoms with Crippen LogP contribution in [-0.4, -0.2) is 17.9 Å². The highest BCUT2D eigenvalue weighted by Crippen LogP contribution is 2.16. The van der Waals surface area contributed by atoms with Crippen molar-refractivity contribution in [1.82, 2.24) is 10.9 Å². The molecule has 2 rings (SSSR count). The average molecular weight is 381 g/mol. The Morgan fingerprint density at radius 1 is 1.09 bits per heavy atom. The number of benzene rings is 2. The molecule has 0 unspecified atom stereocenters. The molecule has 0 spiro atoms. The van der Waals surface area contributed by atoms with Crippen molar-refractivity contribution in [2.75, 3.05) is 0 Å². The molecule has 2 amide bonds. The van der Waals surface area contributed by atoms with E-state index in [1.54, 1.807) is 30.3 Å². The van der Waals surface area contributed by atoms with Crippen LogP contribution in [-0.2, 0) is 4.79 Å². The second-order valence-corrected chi connectivity index (χ2v) is 5.56. The number of ether oxygens (including phenoxy) is 1. The third-order valence-electron chi connectivity index (χ3n) is 2.92. The van der Waals surface area contributed by atoms with Crippen LogP contribution >= 0.6 is 15.9 Å². The quantitative estimate of drug-likeness (QED) is 0.801. The van der Waals surface area contributed by atoms with Gasteiger partial charge in [0.15, 0.2) is 17.7 Å². The number of nitrogens with one attached hydrogen (secondary N) is 2. The van der Waals surface area contributed by atoms with Gasteiger partial charge in [0.25, 0.3) is 11.8 Å². The third-order valence-corrected chi connectivity index (χ3v) is 3.44. The Bertz CT molecular complexity index is 707. The van der Waals surface area contributed by atoms with Gasteiger partial charge in [0, 0.05) is 10.0 Å². The van der Waals surface area contributed by atoms with Crippen LogP contribution in [0.2, 0.25) is 0 Å². The Kier molecular flexibility index (Phi) is 5.70. The van der Waals surface area contributed by atoms with Crippen molar-refractivity contribution < 1.29 is 18.7 Å². The summed E-state index contributed by atoms with van der Waals surface area (Å²) in [5.41, 5.74) is 4.89. The molecular weight excluding hydrogens is 367 g/mol. The number of hydrazine groups is 1. The Morgan fingerprint density at radius 2 is 1.74 bits per heavy atom. The molecule has 2 aromatic carbocycles. The van der Waals surface area contributed by atoms with E-state index in [9.17, 15) is 14.0 Å². The molecule has 5 nitrogen and oxygen atoms in total. The number of rotatable bonds is 4. The Morgan fingerprint density at radius 3 is 2.39 bits per heavy atom. The highest BCUT2D eigenvalue weighted by atomic mass is 79.9. The highest BCUT2D eigenvalue weighted by Gasteiger charge is 2.17. The van der Waals surface area contributed by atoms with Crippen LogP contribution in [0.25, 0.3) is 0 Å². The van der Waals surface area contributed by atoms with E-state index in [1.807, 2.05) is 0 Å². The number of halogens is 2. The Hall–Kier alpha value is -2.41. The van der Waals surface area contributed by atoms with Crippen LogP contribution in [0, 0.1) is 5.82 Å². The summed E-state index contributed by atoms with van der Waals surface area (Å²) in [5.74, 6) is -1.66. The van der Waals surface area contributed by atoms with Crippen LogP contribution in [0.1, 0.15) is 17.3 Å². The smallest absolute Gasteiger partial charge is 0.279 e. The molecular formula is C16H14BrFN2O3. The normalized spacial score (nSPS) is 11.4. The lowest BCUT2D eigenvalue weighted by molar-refractivity contribution is -0.128. The molecule has 23 heavy (non-hydrogen) atoms. The fourth-order valence-corrected chi connectivity index (χ4v) is 1.94. The van der Waals surface area contributed by atoms with Gasteiger partial charge >= 0.3 is 0 Å². The maximum atomic E-state index is 13.5. The molecule has 0 radical (unpaired) electrons. The van der Waals surface area contributed by atoms with Crippen LogP contribution in [0.4, 0.5) is 4.39 Å². The minimum absolute atomic E-state index is 0.0330. The molecule has 0 aliphatic heterocycles. The van der Waals surface area contributed by atoms with Crippen LogP contribution in [0.3, 0.4) is 0 Å². The van der Waals surface area contributed by atoms with Gasteiger partial charge in [0.1, 0.15) is 0 Å². The van der Waals surface area contributed by atoms with Crippen molar-refractivity contribution >= 4 is 27.7 Å². The van der Waals surface area contributed by atoms with E-state index in [2.05, 4.69) is 26.8 Å². The van der Waals surface area contributed by atoms with Crippen molar-refractivity contribution in [3.63, 3.8) is 0 Å². The third kappa shape index (κ3) is 4.79. The molecule has 2 N–H and O–H groups in total. The molecule has 1 atom stereocenters. The van der Waals surface area contributed by atoms with E-state index in [4.69, 9.17) is 4.74 Å². The van der Waals surface area contributed by atoms with Gasteiger partial charge in [-0.25, -0.2) is 4.39 Å². The lowest BCUT2D eigenvalue weighted by Gasteiger charge is -2.15. The summed E-state index contributed by atoms with van der Waals surface area (Å²) in [7, 11) is 0. The van der Waals surface area contributed by atoms with Crippen LogP contribution in [0.5, 0.6) is 5.75 Å². The molecule has 0 heterocycles. The summed E-state index contributed by atoms with van der Waals surface area (Å²) in [6.45, 7) is 1.45. The maximum absolute atomic E-state index is 13.5.